The predicted molar refractivity (Wildman–Crippen MR) is 114 cm³/mol. The fourth-order valence-electron chi connectivity index (χ4n) is 3.51. The molecule has 156 valence electrons. The molecule has 1 unspecified atom stereocenters. The van der Waals surface area contributed by atoms with Crippen LogP contribution in [0.5, 0.6) is 5.88 Å². The second-order valence-electron chi connectivity index (χ2n) is 7.78. The molecule has 0 N–H and O–H groups in total. The lowest BCUT2D eigenvalue weighted by atomic mass is 10.0. The molecule has 1 fully saturated rings. The van der Waals surface area contributed by atoms with Crippen LogP contribution in [-0.2, 0) is 9.53 Å². The van der Waals surface area contributed by atoms with Crippen molar-refractivity contribution >= 4 is 16.9 Å². The van der Waals surface area contributed by atoms with Gasteiger partial charge in [0.1, 0.15) is 12.7 Å². The fourth-order valence-corrected chi connectivity index (χ4v) is 3.51. The van der Waals surface area contributed by atoms with Crippen molar-refractivity contribution in [3.8, 4) is 17.1 Å². The second-order valence-corrected chi connectivity index (χ2v) is 7.78. The van der Waals surface area contributed by atoms with Gasteiger partial charge in [0.05, 0.1) is 24.4 Å². The summed E-state index contributed by atoms with van der Waals surface area (Å²) in [5.41, 5.74) is 4.39. The average Bonchev–Trinajstić information content (AvgIpc) is 2.77. The molecule has 1 amide bonds. The summed E-state index contributed by atoms with van der Waals surface area (Å²) in [6, 6.07) is 10.3. The minimum atomic E-state index is -0.204. The summed E-state index contributed by atoms with van der Waals surface area (Å²) in [4.78, 5) is 27.0. The molecule has 0 aliphatic carbocycles. The first-order chi connectivity index (χ1) is 14.5. The lowest BCUT2D eigenvalue weighted by Crippen LogP contribution is -2.46. The summed E-state index contributed by atoms with van der Waals surface area (Å²) in [7, 11) is 0. The largest absolute Gasteiger partial charge is 0.473 e. The fraction of sp³-hybridized carbons (Fsp3) is 0.391. The number of hydrogen-bond donors (Lipinski definition) is 0. The number of carbonyl (C=O) groups is 1. The molecule has 7 heteroatoms. The molecule has 4 rings (SSSR count). The first-order valence-corrected chi connectivity index (χ1v) is 10.2. The van der Waals surface area contributed by atoms with Crippen molar-refractivity contribution < 1.29 is 14.3 Å². The van der Waals surface area contributed by atoms with Crippen molar-refractivity contribution in [2.24, 2.45) is 0 Å². The van der Waals surface area contributed by atoms with E-state index in [1.54, 1.807) is 24.2 Å². The summed E-state index contributed by atoms with van der Waals surface area (Å²) in [6.45, 7) is 7.83. The maximum Gasteiger partial charge on any atom is 0.242 e. The molecular weight excluding hydrogens is 380 g/mol. The molecule has 3 aromatic rings. The topological polar surface area (TPSA) is 77.4 Å². The summed E-state index contributed by atoms with van der Waals surface area (Å²) >= 11 is 0. The van der Waals surface area contributed by atoms with Crippen molar-refractivity contribution in [3.05, 3.63) is 48.3 Å². The first-order valence-electron chi connectivity index (χ1n) is 10.2. The molecule has 7 nitrogen and oxygen atoms in total. The van der Waals surface area contributed by atoms with Gasteiger partial charge in [-0.2, -0.15) is 0 Å². The molecule has 1 aromatic carbocycles. The molecule has 1 saturated heterocycles. The number of nitrogens with zero attached hydrogens (tertiary/aromatic N) is 4. The third-order valence-corrected chi connectivity index (χ3v) is 5.29. The number of carbonyl (C=O) groups excluding carboxylic acids is 1. The van der Waals surface area contributed by atoms with Gasteiger partial charge in [-0.05, 0) is 17.5 Å². The molecule has 0 spiro atoms. The van der Waals surface area contributed by atoms with E-state index in [9.17, 15) is 4.79 Å². The maximum atomic E-state index is 11.7. The molecule has 30 heavy (non-hydrogen) atoms. The van der Waals surface area contributed by atoms with Crippen molar-refractivity contribution in [2.75, 3.05) is 26.3 Å². The number of hydrogen-bond acceptors (Lipinski definition) is 6. The van der Waals surface area contributed by atoms with Crippen LogP contribution in [0, 0.1) is 0 Å². The quantitative estimate of drug-likeness (QED) is 0.646. The molecule has 1 aliphatic heterocycles. The van der Waals surface area contributed by atoms with Crippen LogP contribution in [-0.4, -0.2) is 58.2 Å². The Labute approximate surface area is 176 Å². The van der Waals surface area contributed by atoms with Gasteiger partial charge in [-0.1, -0.05) is 38.1 Å². The van der Waals surface area contributed by atoms with Gasteiger partial charge in [-0.3, -0.25) is 9.78 Å². The van der Waals surface area contributed by atoms with E-state index in [-0.39, 0.29) is 18.6 Å². The van der Waals surface area contributed by atoms with Gasteiger partial charge in [-0.15, -0.1) is 0 Å². The summed E-state index contributed by atoms with van der Waals surface area (Å²) < 4.78 is 11.8. The average molecular weight is 406 g/mol. The molecular formula is C23H26N4O3. The van der Waals surface area contributed by atoms with Gasteiger partial charge in [-0.25, -0.2) is 9.97 Å². The third-order valence-electron chi connectivity index (χ3n) is 5.29. The number of pyridine rings is 1. The first kappa shape index (κ1) is 20.2. The lowest BCUT2D eigenvalue weighted by molar-refractivity contribution is -0.137. The Hall–Kier alpha value is -3.06. The van der Waals surface area contributed by atoms with Gasteiger partial charge in [0.15, 0.2) is 5.52 Å². The van der Waals surface area contributed by atoms with Crippen molar-refractivity contribution in [1.82, 2.24) is 19.9 Å². The van der Waals surface area contributed by atoms with E-state index < -0.39 is 0 Å². The Kier molecular flexibility index (Phi) is 5.90. The van der Waals surface area contributed by atoms with E-state index in [1.807, 2.05) is 6.07 Å². The molecule has 2 aromatic heterocycles. The van der Waals surface area contributed by atoms with Crippen LogP contribution in [0.15, 0.2) is 42.7 Å². The van der Waals surface area contributed by atoms with E-state index in [0.29, 0.717) is 37.0 Å². The number of ether oxygens (including phenoxy) is 2. The zero-order valence-corrected chi connectivity index (χ0v) is 17.5. The molecule has 1 atom stereocenters. The van der Waals surface area contributed by atoms with Crippen LogP contribution in [0.25, 0.3) is 22.3 Å². The zero-order valence-electron chi connectivity index (χ0n) is 17.5. The highest BCUT2D eigenvalue weighted by atomic mass is 16.5. The van der Waals surface area contributed by atoms with Crippen LogP contribution in [0.2, 0.25) is 0 Å². The van der Waals surface area contributed by atoms with E-state index >= 15 is 0 Å². The lowest BCUT2D eigenvalue weighted by Gasteiger charge is -2.32. The Bertz CT molecular complexity index is 1040. The number of fused-ring (bicyclic) bond motifs is 1. The van der Waals surface area contributed by atoms with Crippen LogP contribution >= 0.6 is 0 Å². The highest BCUT2D eigenvalue weighted by Gasteiger charge is 2.23. The Balaban J connectivity index is 1.60. The van der Waals surface area contributed by atoms with Crippen molar-refractivity contribution in [2.45, 2.75) is 32.8 Å². The predicted octanol–water partition coefficient (Wildman–Crippen LogP) is 3.44. The number of amides is 1. The maximum absolute atomic E-state index is 11.7. The van der Waals surface area contributed by atoms with Gasteiger partial charge >= 0.3 is 0 Å². The number of rotatable bonds is 5. The van der Waals surface area contributed by atoms with Gasteiger partial charge in [0.2, 0.25) is 11.8 Å². The molecule has 3 heterocycles. The number of benzene rings is 1. The highest BCUT2D eigenvalue weighted by Crippen LogP contribution is 2.28. The minimum absolute atomic E-state index is 0.0459. The van der Waals surface area contributed by atoms with Crippen LogP contribution in [0.3, 0.4) is 0 Å². The summed E-state index contributed by atoms with van der Waals surface area (Å²) in [5.74, 6) is 0.940. The zero-order chi connectivity index (χ0) is 21.1. The normalized spacial score (nSPS) is 16.8. The Morgan fingerprint density at radius 1 is 1.23 bits per heavy atom. The Morgan fingerprint density at radius 3 is 2.73 bits per heavy atom. The highest BCUT2D eigenvalue weighted by molar-refractivity contribution is 5.83. The summed E-state index contributed by atoms with van der Waals surface area (Å²) in [5, 5.41) is 0. The van der Waals surface area contributed by atoms with Crippen LogP contribution < -0.4 is 4.74 Å². The summed E-state index contributed by atoms with van der Waals surface area (Å²) in [6.07, 6.45) is 3.08. The standard InChI is InChI=1S/C23H26N4O3/c1-15(2)17-4-6-18(7-5-17)20-12-21-22(25-9-8-24-21)23(26-20)30-14-19-13-27(16(3)28)10-11-29-19/h4-9,12,15,19H,10-11,13-14H2,1-3H3. The van der Waals surface area contributed by atoms with Gasteiger partial charge in [0.25, 0.3) is 0 Å². The molecule has 1 aliphatic rings. The smallest absolute Gasteiger partial charge is 0.242 e. The third kappa shape index (κ3) is 4.41. The number of aromatic nitrogens is 3. The second kappa shape index (κ2) is 8.75. The monoisotopic (exact) mass is 406 g/mol. The van der Waals surface area contributed by atoms with E-state index in [4.69, 9.17) is 14.5 Å². The van der Waals surface area contributed by atoms with E-state index in [0.717, 1.165) is 16.8 Å². The number of morpholine rings is 1. The van der Waals surface area contributed by atoms with Crippen molar-refractivity contribution in [1.29, 1.82) is 0 Å². The molecule has 0 radical (unpaired) electrons. The van der Waals surface area contributed by atoms with E-state index in [2.05, 4.69) is 48.1 Å². The van der Waals surface area contributed by atoms with E-state index in [1.165, 1.54) is 5.56 Å². The van der Waals surface area contributed by atoms with Crippen molar-refractivity contribution in [3.63, 3.8) is 0 Å². The SMILES string of the molecule is CC(=O)N1CCOC(COc2nc(-c3ccc(C(C)C)cc3)cc3nccnc23)C1. The van der Waals surface area contributed by atoms with Gasteiger partial charge < -0.3 is 14.4 Å². The van der Waals surface area contributed by atoms with Crippen LogP contribution in [0.1, 0.15) is 32.3 Å². The van der Waals surface area contributed by atoms with Gasteiger partial charge in [0, 0.05) is 31.4 Å². The minimum Gasteiger partial charge on any atom is -0.473 e. The van der Waals surface area contributed by atoms with Crippen LogP contribution in [0.4, 0.5) is 0 Å². The molecule has 0 bridgehead atoms. The Morgan fingerprint density at radius 2 is 2.00 bits per heavy atom. The molecule has 0 saturated carbocycles.